The molecule has 1 aliphatic heterocycles. The van der Waals surface area contributed by atoms with Crippen molar-refractivity contribution in [2.75, 3.05) is 33.3 Å². The van der Waals surface area contributed by atoms with Crippen LogP contribution in [0.5, 0.6) is 0 Å². The Bertz CT molecular complexity index is 932. The number of halogens is 2. The molecule has 0 bridgehead atoms. The van der Waals surface area contributed by atoms with Gasteiger partial charge in [-0.2, -0.15) is 0 Å². The van der Waals surface area contributed by atoms with E-state index in [1.807, 2.05) is 36.9 Å². The molecule has 0 saturated carbocycles. The molecule has 1 aliphatic rings. The van der Waals surface area contributed by atoms with Crippen LogP contribution in [0.4, 0.5) is 4.39 Å². The van der Waals surface area contributed by atoms with Crippen molar-refractivity contribution in [2.24, 2.45) is 0 Å². The lowest BCUT2D eigenvalue weighted by Gasteiger charge is -2.40. The van der Waals surface area contributed by atoms with E-state index in [0.29, 0.717) is 36.8 Å². The van der Waals surface area contributed by atoms with Gasteiger partial charge in [0.05, 0.1) is 19.2 Å². The lowest BCUT2D eigenvalue weighted by Crippen LogP contribution is -2.55. The van der Waals surface area contributed by atoms with Crippen LogP contribution in [0.3, 0.4) is 0 Å². The number of hydrogen-bond donors (Lipinski definition) is 1. The summed E-state index contributed by atoms with van der Waals surface area (Å²) in [6, 6.07) is 12.2. The van der Waals surface area contributed by atoms with Gasteiger partial charge in [0.25, 0.3) is 0 Å². The first kappa shape index (κ1) is 24.2. The van der Waals surface area contributed by atoms with E-state index in [1.54, 1.807) is 18.2 Å². The molecule has 6 nitrogen and oxygen atoms in total. The Hall–Kier alpha value is -2.48. The molecule has 3 atom stereocenters. The minimum Gasteiger partial charge on any atom is -0.468 e. The minimum absolute atomic E-state index is 0.0918. The Morgan fingerprint density at radius 2 is 1.59 bits per heavy atom. The molecule has 0 radical (unpaired) electrons. The lowest BCUT2D eigenvalue weighted by molar-refractivity contribution is -0.148. The second kappa shape index (κ2) is 10.9. The van der Waals surface area contributed by atoms with Crippen LogP contribution < -0.4 is 5.32 Å². The molecule has 3 rings (SSSR count). The molecule has 1 fully saturated rings. The van der Waals surface area contributed by atoms with Gasteiger partial charge in [0.1, 0.15) is 11.9 Å². The predicted molar refractivity (Wildman–Crippen MR) is 122 cm³/mol. The normalized spacial score (nSPS) is 17.9. The first-order valence-corrected chi connectivity index (χ1v) is 11.1. The van der Waals surface area contributed by atoms with Crippen LogP contribution in [0.25, 0.3) is 0 Å². The minimum atomic E-state index is -0.585. The molecule has 1 amide bonds. The maximum atomic E-state index is 13.1. The largest absolute Gasteiger partial charge is 0.468 e. The summed E-state index contributed by atoms with van der Waals surface area (Å²) in [5.41, 5.74) is 1.56. The van der Waals surface area contributed by atoms with Gasteiger partial charge in [0.15, 0.2) is 0 Å². The van der Waals surface area contributed by atoms with E-state index in [9.17, 15) is 14.0 Å². The van der Waals surface area contributed by atoms with E-state index in [1.165, 1.54) is 19.2 Å². The molecular formula is C24H29ClFN3O3. The third-order valence-corrected chi connectivity index (χ3v) is 6.34. The molecule has 0 aromatic heterocycles. The van der Waals surface area contributed by atoms with Crippen LogP contribution in [-0.2, 0) is 14.3 Å². The SMILES string of the molecule is COC(=O)C(c1ccccc1Cl)N1CCN(C(C)C(=O)NC(C)c2ccc(F)cc2)CC1. The third-order valence-electron chi connectivity index (χ3n) is 5.99. The van der Waals surface area contributed by atoms with Crippen LogP contribution in [0.1, 0.15) is 37.1 Å². The van der Waals surface area contributed by atoms with Crippen LogP contribution in [0.15, 0.2) is 48.5 Å². The first-order chi connectivity index (χ1) is 15.3. The van der Waals surface area contributed by atoms with Gasteiger partial charge < -0.3 is 10.1 Å². The Kier molecular flexibility index (Phi) is 8.23. The zero-order valence-corrected chi connectivity index (χ0v) is 19.3. The van der Waals surface area contributed by atoms with Crippen molar-refractivity contribution in [2.45, 2.75) is 32.0 Å². The van der Waals surface area contributed by atoms with E-state index in [2.05, 4.69) is 10.2 Å². The molecule has 32 heavy (non-hydrogen) atoms. The van der Waals surface area contributed by atoms with E-state index in [4.69, 9.17) is 16.3 Å². The standard InChI is InChI=1S/C24H29ClFN3O3/c1-16(18-8-10-19(26)11-9-18)27-23(30)17(2)28-12-14-29(15-13-28)22(24(31)32-3)20-6-4-5-7-21(20)25/h4-11,16-17,22H,12-15H2,1-3H3,(H,27,30). The highest BCUT2D eigenvalue weighted by molar-refractivity contribution is 6.31. The van der Waals surface area contributed by atoms with Crippen molar-refractivity contribution < 1.29 is 18.7 Å². The molecule has 2 aromatic carbocycles. The first-order valence-electron chi connectivity index (χ1n) is 10.7. The fraction of sp³-hybridized carbons (Fsp3) is 0.417. The number of nitrogens with zero attached hydrogens (tertiary/aromatic N) is 2. The molecule has 3 unspecified atom stereocenters. The second-order valence-electron chi connectivity index (χ2n) is 7.98. The monoisotopic (exact) mass is 461 g/mol. The highest BCUT2D eigenvalue weighted by atomic mass is 35.5. The Labute approximate surface area is 193 Å². The van der Waals surface area contributed by atoms with Crippen LogP contribution in [0, 0.1) is 5.82 Å². The van der Waals surface area contributed by atoms with E-state index in [-0.39, 0.29) is 29.8 Å². The molecule has 1 heterocycles. The summed E-state index contributed by atoms with van der Waals surface area (Å²) < 4.78 is 18.2. The van der Waals surface area contributed by atoms with Gasteiger partial charge in [-0.1, -0.05) is 41.9 Å². The van der Waals surface area contributed by atoms with Gasteiger partial charge >= 0.3 is 5.97 Å². The molecular weight excluding hydrogens is 433 g/mol. The van der Waals surface area contributed by atoms with Crippen LogP contribution in [-0.4, -0.2) is 61.0 Å². The van der Waals surface area contributed by atoms with Gasteiger partial charge in [-0.05, 0) is 43.2 Å². The molecule has 1 saturated heterocycles. The average Bonchev–Trinajstić information content (AvgIpc) is 2.80. The summed E-state index contributed by atoms with van der Waals surface area (Å²) in [4.78, 5) is 29.5. The van der Waals surface area contributed by atoms with Crippen LogP contribution >= 0.6 is 11.6 Å². The van der Waals surface area contributed by atoms with E-state index in [0.717, 1.165) is 5.56 Å². The molecule has 8 heteroatoms. The number of methoxy groups -OCH3 is 1. The third kappa shape index (κ3) is 5.65. The highest BCUT2D eigenvalue weighted by Crippen LogP contribution is 2.29. The van der Waals surface area contributed by atoms with Gasteiger partial charge in [-0.25, -0.2) is 9.18 Å². The number of amides is 1. The Morgan fingerprint density at radius 1 is 1.00 bits per heavy atom. The number of ether oxygens (including phenoxy) is 1. The number of esters is 1. The quantitative estimate of drug-likeness (QED) is 0.639. The number of benzene rings is 2. The molecule has 2 aromatic rings. The summed E-state index contributed by atoms with van der Waals surface area (Å²) >= 11 is 6.35. The van der Waals surface area contributed by atoms with Gasteiger partial charge in [-0.3, -0.25) is 14.6 Å². The number of nitrogens with one attached hydrogen (secondary N) is 1. The van der Waals surface area contributed by atoms with Gasteiger partial charge in [0, 0.05) is 31.2 Å². The zero-order chi connectivity index (χ0) is 23.3. The van der Waals surface area contributed by atoms with Crippen molar-refractivity contribution in [3.05, 3.63) is 70.5 Å². The number of carbonyl (C=O) groups is 2. The fourth-order valence-electron chi connectivity index (χ4n) is 4.00. The average molecular weight is 462 g/mol. The van der Waals surface area contributed by atoms with Crippen LogP contribution in [0.2, 0.25) is 5.02 Å². The van der Waals surface area contributed by atoms with Gasteiger partial charge in [-0.15, -0.1) is 0 Å². The highest BCUT2D eigenvalue weighted by Gasteiger charge is 2.34. The summed E-state index contributed by atoms with van der Waals surface area (Å²) in [6.07, 6.45) is 0. The summed E-state index contributed by atoms with van der Waals surface area (Å²) in [5, 5.41) is 3.52. The van der Waals surface area contributed by atoms with E-state index >= 15 is 0 Å². The van der Waals surface area contributed by atoms with Crippen molar-refractivity contribution in [3.63, 3.8) is 0 Å². The maximum absolute atomic E-state index is 13.1. The topological polar surface area (TPSA) is 61.9 Å². The smallest absolute Gasteiger partial charge is 0.327 e. The lowest BCUT2D eigenvalue weighted by atomic mass is 10.0. The number of piperazine rings is 1. The summed E-state index contributed by atoms with van der Waals surface area (Å²) in [7, 11) is 1.37. The fourth-order valence-corrected chi connectivity index (χ4v) is 4.24. The Morgan fingerprint density at radius 3 is 2.19 bits per heavy atom. The molecule has 1 N–H and O–H groups in total. The zero-order valence-electron chi connectivity index (χ0n) is 18.6. The molecule has 0 spiro atoms. The number of rotatable bonds is 7. The number of hydrogen-bond acceptors (Lipinski definition) is 5. The molecule has 0 aliphatic carbocycles. The summed E-state index contributed by atoms with van der Waals surface area (Å²) in [6.45, 7) is 6.18. The molecule has 172 valence electrons. The predicted octanol–water partition coefficient (Wildman–Crippen LogP) is 3.58. The van der Waals surface area contributed by atoms with Gasteiger partial charge in [0.2, 0.25) is 5.91 Å². The van der Waals surface area contributed by atoms with Crippen molar-refractivity contribution in [3.8, 4) is 0 Å². The summed E-state index contributed by atoms with van der Waals surface area (Å²) in [5.74, 6) is -0.753. The van der Waals surface area contributed by atoms with Crippen molar-refractivity contribution in [1.82, 2.24) is 15.1 Å². The second-order valence-corrected chi connectivity index (χ2v) is 8.38. The van der Waals surface area contributed by atoms with Crippen molar-refractivity contribution >= 4 is 23.5 Å². The van der Waals surface area contributed by atoms with Crippen molar-refractivity contribution in [1.29, 1.82) is 0 Å². The van der Waals surface area contributed by atoms with E-state index < -0.39 is 6.04 Å². The number of carbonyl (C=O) groups excluding carboxylic acids is 2. The maximum Gasteiger partial charge on any atom is 0.327 e. The Balaban J connectivity index is 1.61.